The molecule has 1 aliphatic rings. The van der Waals surface area contributed by atoms with E-state index in [1.54, 1.807) is 31.4 Å². The lowest BCUT2D eigenvalue weighted by Crippen LogP contribution is -2.10. The van der Waals surface area contributed by atoms with Crippen LogP contribution in [0.25, 0.3) is 0 Å². The second-order valence-electron chi connectivity index (χ2n) is 3.63. The van der Waals surface area contributed by atoms with Crippen LogP contribution >= 0.6 is 34.8 Å². The number of ether oxygens (including phenoxy) is 1. The molecule has 0 bridgehead atoms. The predicted octanol–water partition coefficient (Wildman–Crippen LogP) is 4.24. The van der Waals surface area contributed by atoms with Crippen molar-refractivity contribution in [1.82, 2.24) is 0 Å². The Labute approximate surface area is 125 Å². The summed E-state index contributed by atoms with van der Waals surface area (Å²) in [5.41, 5.74) is 0.712. The average Bonchev–Trinajstić information content (AvgIpc) is 2.51. The maximum Gasteiger partial charge on any atom is 0.229 e. The molecule has 7 heteroatoms. The highest BCUT2D eigenvalue weighted by molar-refractivity contribution is 6.66. The molecule has 0 aliphatic carbocycles. The number of rotatable bonds is 2. The van der Waals surface area contributed by atoms with Gasteiger partial charge in [-0.25, -0.2) is 9.98 Å². The lowest BCUT2D eigenvalue weighted by Gasteiger charge is -2.08. The third kappa shape index (κ3) is 3.86. The second-order valence-corrected chi connectivity index (χ2v) is 4.86. The zero-order valence-corrected chi connectivity index (χ0v) is 12.2. The van der Waals surface area contributed by atoms with Crippen LogP contribution in [0.5, 0.6) is 5.75 Å². The van der Waals surface area contributed by atoms with Crippen LogP contribution in [-0.2, 0) is 0 Å². The monoisotopic (exact) mass is 317 g/mol. The Morgan fingerprint density at radius 1 is 1.21 bits per heavy atom. The van der Waals surface area contributed by atoms with E-state index in [2.05, 4.69) is 15.3 Å². The normalized spacial score (nSPS) is 15.1. The smallest absolute Gasteiger partial charge is 0.229 e. The van der Waals surface area contributed by atoms with Crippen molar-refractivity contribution >= 4 is 51.6 Å². The molecule has 0 atom stereocenters. The number of anilines is 1. The molecule has 2 rings (SSSR count). The van der Waals surface area contributed by atoms with Gasteiger partial charge < -0.3 is 10.1 Å². The van der Waals surface area contributed by atoms with E-state index in [0.29, 0.717) is 39.2 Å². The first kappa shape index (κ1) is 14.2. The van der Waals surface area contributed by atoms with Crippen molar-refractivity contribution in [2.75, 3.05) is 12.4 Å². The summed E-state index contributed by atoms with van der Waals surface area (Å²) in [6.45, 7) is 0. The Hall–Kier alpha value is -1.23. The molecule has 1 N–H and O–H groups in total. The first-order chi connectivity index (χ1) is 9.08. The van der Waals surface area contributed by atoms with Gasteiger partial charge in [-0.3, -0.25) is 0 Å². The van der Waals surface area contributed by atoms with E-state index in [0.717, 1.165) is 0 Å². The van der Waals surface area contributed by atoms with Gasteiger partial charge in [-0.1, -0.05) is 34.8 Å². The number of nitrogens with zero attached hydrogens (tertiary/aromatic N) is 2. The Kier molecular flexibility index (Phi) is 4.69. The molecule has 4 nitrogen and oxygen atoms in total. The van der Waals surface area contributed by atoms with Gasteiger partial charge in [-0.2, -0.15) is 0 Å². The standard InChI is InChI=1S/C12H10Cl3N3O/c1-19-9-3-2-7(6-8(9)13)16-12-17-10(14)4-5-11(15)18-12/h2-4,6H,5H2,1H3,(H,16,17). The van der Waals surface area contributed by atoms with Crippen LogP contribution in [0, 0.1) is 0 Å². The van der Waals surface area contributed by atoms with Gasteiger partial charge in [0.05, 0.1) is 12.1 Å². The molecule has 1 aliphatic heterocycles. The van der Waals surface area contributed by atoms with Crippen LogP contribution in [-0.4, -0.2) is 18.2 Å². The summed E-state index contributed by atoms with van der Waals surface area (Å²) in [6.07, 6.45) is 2.14. The number of hydrogen-bond donors (Lipinski definition) is 1. The summed E-state index contributed by atoms with van der Waals surface area (Å²) in [5, 5.41) is 4.21. The Morgan fingerprint density at radius 3 is 2.68 bits per heavy atom. The fraction of sp³-hybridized carbons (Fsp3) is 0.167. The van der Waals surface area contributed by atoms with Gasteiger partial charge >= 0.3 is 0 Å². The molecular formula is C12H10Cl3N3O. The Morgan fingerprint density at radius 2 is 2.00 bits per heavy atom. The fourth-order valence-electron chi connectivity index (χ4n) is 1.43. The minimum atomic E-state index is 0.310. The maximum absolute atomic E-state index is 6.03. The molecule has 0 spiro atoms. The van der Waals surface area contributed by atoms with E-state index < -0.39 is 0 Å². The van der Waals surface area contributed by atoms with Crippen LogP contribution in [0.15, 0.2) is 39.4 Å². The fourth-order valence-corrected chi connectivity index (χ4v) is 2.00. The van der Waals surface area contributed by atoms with Crippen LogP contribution in [0.2, 0.25) is 5.02 Å². The Bertz CT molecular complexity index is 582. The number of halogens is 3. The third-order valence-electron chi connectivity index (χ3n) is 2.29. The molecule has 1 heterocycles. The lowest BCUT2D eigenvalue weighted by atomic mass is 10.3. The van der Waals surface area contributed by atoms with Crippen molar-refractivity contribution < 1.29 is 4.74 Å². The minimum Gasteiger partial charge on any atom is -0.495 e. The number of guanidine groups is 1. The van der Waals surface area contributed by atoms with Crippen molar-refractivity contribution in [3.05, 3.63) is 34.5 Å². The van der Waals surface area contributed by atoms with Crippen LogP contribution < -0.4 is 10.1 Å². The van der Waals surface area contributed by atoms with E-state index in [9.17, 15) is 0 Å². The molecule has 0 fully saturated rings. The summed E-state index contributed by atoms with van der Waals surface area (Å²) in [7, 11) is 1.55. The number of aliphatic imine (C=N–C) groups is 2. The number of hydrogen-bond acceptors (Lipinski definition) is 4. The third-order valence-corrected chi connectivity index (χ3v) is 3.06. The minimum absolute atomic E-state index is 0.310. The molecule has 100 valence electrons. The number of methoxy groups -OCH3 is 1. The highest BCUT2D eigenvalue weighted by atomic mass is 35.5. The summed E-state index contributed by atoms with van der Waals surface area (Å²) in [5.74, 6) is 0.902. The summed E-state index contributed by atoms with van der Waals surface area (Å²) in [6, 6.07) is 5.23. The van der Waals surface area contributed by atoms with Gasteiger partial charge in [0.2, 0.25) is 5.96 Å². The molecule has 0 amide bonds. The van der Waals surface area contributed by atoms with Crippen LogP contribution in [0.1, 0.15) is 6.42 Å². The zero-order valence-electron chi connectivity index (χ0n) is 9.95. The van der Waals surface area contributed by atoms with Gasteiger partial charge in [0.15, 0.2) is 0 Å². The van der Waals surface area contributed by atoms with Crippen molar-refractivity contribution in [3.63, 3.8) is 0 Å². The van der Waals surface area contributed by atoms with Gasteiger partial charge in [-0.05, 0) is 24.3 Å². The van der Waals surface area contributed by atoms with Crippen molar-refractivity contribution in [2.24, 2.45) is 9.98 Å². The summed E-state index contributed by atoms with van der Waals surface area (Å²) < 4.78 is 5.08. The Balaban J connectivity index is 2.23. The predicted molar refractivity (Wildman–Crippen MR) is 80.9 cm³/mol. The largest absolute Gasteiger partial charge is 0.495 e. The molecule has 0 saturated carbocycles. The van der Waals surface area contributed by atoms with Gasteiger partial charge in [0, 0.05) is 12.1 Å². The number of allylic oxidation sites excluding steroid dienone is 1. The highest BCUT2D eigenvalue weighted by Gasteiger charge is 2.08. The van der Waals surface area contributed by atoms with Gasteiger partial charge in [0.1, 0.15) is 16.1 Å². The quantitative estimate of drug-likeness (QED) is 0.829. The molecule has 0 unspecified atom stereocenters. The highest BCUT2D eigenvalue weighted by Crippen LogP contribution is 2.27. The molecule has 1 aromatic rings. The van der Waals surface area contributed by atoms with Crippen LogP contribution in [0.4, 0.5) is 5.69 Å². The van der Waals surface area contributed by atoms with E-state index in [-0.39, 0.29) is 0 Å². The van der Waals surface area contributed by atoms with E-state index in [4.69, 9.17) is 39.5 Å². The van der Waals surface area contributed by atoms with Gasteiger partial charge in [0.25, 0.3) is 0 Å². The first-order valence-electron chi connectivity index (χ1n) is 5.36. The van der Waals surface area contributed by atoms with Crippen molar-refractivity contribution in [1.29, 1.82) is 0 Å². The van der Waals surface area contributed by atoms with Crippen molar-refractivity contribution in [2.45, 2.75) is 6.42 Å². The maximum atomic E-state index is 6.03. The van der Waals surface area contributed by atoms with E-state index >= 15 is 0 Å². The van der Waals surface area contributed by atoms with E-state index in [1.807, 2.05) is 0 Å². The number of benzene rings is 1. The van der Waals surface area contributed by atoms with Crippen molar-refractivity contribution in [3.8, 4) is 5.75 Å². The topological polar surface area (TPSA) is 46.0 Å². The molecule has 0 saturated heterocycles. The molecule has 1 aromatic carbocycles. The second kappa shape index (κ2) is 6.28. The van der Waals surface area contributed by atoms with E-state index in [1.165, 1.54) is 0 Å². The number of nitrogens with one attached hydrogen (secondary N) is 1. The van der Waals surface area contributed by atoms with Crippen LogP contribution in [0.3, 0.4) is 0 Å². The zero-order chi connectivity index (χ0) is 13.8. The summed E-state index contributed by atoms with van der Waals surface area (Å²) in [4.78, 5) is 8.18. The average molecular weight is 319 g/mol. The molecule has 19 heavy (non-hydrogen) atoms. The lowest BCUT2D eigenvalue weighted by molar-refractivity contribution is 0.415. The summed E-state index contributed by atoms with van der Waals surface area (Å²) >= 11 is 17.8. The SMILES string of the molecule is COc1ccc(NC2=NC(Cl)=CCC(Cl)=N2)cc1Cl. The van der Waals surface area contributed by atoms with Gasteiger partial charge in [-0.15, -0.1) is 0 Å². The molecule has 0 aromatic heterocycles. The molecule has 0 radical (unpaired) electrons. The molecular weight excluding hydrogens is 309 g/mol. The first-order valence-corrected chi connectivity index (χ1v) is 6.50.